The van der Waals surface area contributed by atoms with Gasteiger partial charge in [0, 0.05) is 39.5 Å². The van der Waals surface area contributed by atoms with Gasteiger partial charge in [-0.05, 0) is 61.1 Å². The Labute approximate surface area is 164 Å². The van der Waals surface area contributed by atoms with Crippen LogP contribution in [0, 0.1) is 0 Å². The number of nitrogens with zero attached hydrogens (tertiary/aromatic N) is 1. The van der Waals surface area contributed by atoms with E-state index in [0.717, 1.165) is 22.9 Å². The first-order valence-corrected chi connectivity index (χ1v) is 10.2. The molecule has 0 saturated heterocycles. The van der Waals surface area contributed by atoms with Crippen LogP contribution in [0.2, 0.25) is 5.02 Å². The van der Waals surface area contributed by atoms with Gasteiger partial charge in [-0.2, -0.15) is 0 Å². The standard InChI is InChI=1S/C21H24ClN3S/c1-21(24,13-23)19(11-14-3-6-16(26-2)7-4-14)17-9-10-25-20-12-15(22)5-8-18(17)20/h3-10,12,19H,11,13,23-24H2,1-2H3. The molecule has 26 heavy (non-hydrogen) atoms. The van der Waals surface area contributed by atoms with E-state index in [0.29, 0.717) is 11.6 Å². The van der Waals surface area contributed by atoms with Crippen molar-refractivity contribution in [1.29, 1.82) is 0 Å². The largest absolute Gasteiger partial charge is 0.329 e. The number of rotatable bonds is 6. The van der Waals surface area contributed by atoms with Crippen LogP contribution in [0.15, 0.2) is 59.6 Å². The van der Waals surface area contributed by atoms with Crippen LogP contribution in [0.3, 0.4) is 0 Å². The summed E-state index contributed by atoms with van der Waals surface area (Å²) in [4.78, 5) is 5.72. The molecular weight excluding hydrogens is 362 g/mol. The number of fused-ring (bicyclic) bond motifs is 1. The normalized spacial score (nSPS) is 15.0. The number of aromatic nitrogens is 1. The molecule has 0 saturated carbocycles. The number of hydrogen-bond donors (Lipinski definition) is 2. The molecular formula is C21H24ClN3S. The van der Waals surface area contributed by atoms with Crippen LogP contribution in [0.25, 0.3) is 10.9 Å². The SMILES string of the molecule is CSc1ccc(CC(c2ccnc3cc(Cl)ccc23)C(C)(N)CN)cc1. The van der Waals surface area contributed by atoms with Gasteiger partial charge in [0.2, 0.25) is 0 Å². The first-order valence-electron chi connectivity index (χ1n) is 8.60. The lowest BCUT2D eigenvalue weighted by atomic mass is 9.76. The minimum Gasteiger partial charge on any atom is -0.329 e. The molecule has 136 valence electrons. The summed E-state index contributed by atoms with van der Waals surface area (Å²) >= 11 is 7.88. The Morgan fingerprint density at radius 3 is 2.54 bits per heavy atom. The number of pyridine rings is 1. The monoisotopic (exact) mass is 385 g/mol. The van der Waals surface area contributed by atoms with Crippen molar-refractivity contribution < 1.29 is 0 Å². The van der Waals surface area contributed by atoms with Crippen LogP contribution in [0.5, 0.6) is 0 Å². The summed E-state index contributed by atoms with van der Waals surface area (Å²) < 4.78 is 0. The molecule has 0 amide bonds. The molecule has 0 aliphatic carbocycles. The Hall–Kier alpha value is -1.59. The predicted molar refractivity (Wildman–Crippen MR) is 113 cm³/mol. The van der Waals surface area contributed by atoms with Crippen LogP contribution < -0.4 is 11.5 Å². The zero-order valence-electron chi connectivity index (χ0n) is 15.1. The van der Waals surface area contributed by atoms with Gasteiger partial charge in [-0.15, -0.1) is 11.8 Å². The first kappa shape index (κ1) is 19.2. The Kier molecular flexibility index (Phi) is 5.88. The molecule has 0 aliphatic rings. The smallest absolute Gasteiger partial charge is 0.0719 e. The fourth-order valence-electron chi connectivity index (χ4n) is 3.29. The maximum Gasteiger partial charge on any atom is 0.0719 e. The van der Waals surface area contributed by atoms with Gasteiger partial charge in [-0.1, -0.05) is 29.8 Å². The summed E-state index contributed by atoms with van der Waals surface area (Å²) in [5.74, 6) is 0.0688. The maximum atomic E-state index is 6.64. The van der Waals surface area contributed by atoms with E-state index in [-0.39, 0.29) is 5.92 Å². The minimum atomic E-state index is -0.536. The second-order valence-electron chi connectivity index (χ2n) is 6.88. The molecule has 1 heterocycles. The second kappa shape index (κ2) is 7.97. The van der Waals surface area contributed by atoms with E-state index < -0.39 is 5.54 Å². The van der Waals surface area contributed by atoms with Crippen molar-refractivity contribution in [3.63, 3.8) is 0 Å². The van der Waals surface area contributed by atoms with Crippen molar-refractivity contribution in [2.45, 2.75) is 29.7 Å². The molecule has 3 aromatic rings. The lowest BCUT2D eigenvalue weighted by molar-refractivity contribution is 0.384. The van der Waals surface area contributed by atoms with E-state index in [9.17, 15) is 0 Å². The summed E-state index contributed by atoms with van der Waals surface area (Å²) in [6.45, 7) is 2.42. The highest BCUT2D eigenvalue weighted by atomic mass is 35.5. The van der Waals surface area contributed by atoms with E-state index in [4.69, 9.17) is 23.1 Å². The average molecular weight is 386 g/mol. The fourth-order valence-corrected chi connectivity index (χ4v) is 3.86. The minimum absolute atomic E-state index is 0.0688. The van der Waals surface area contributed by atoms with Gasteiger partial charge in [0.1, 0.15) is 0 Å². The zero-order chi connectivity index (χ0) is 18.7. The van der Waals surface area contributed by atoms with E-state index >= 15 is 0 Å². The summed E-state index contributed by atoms with van der Waals surface area (Å²) in [5, 5.41) is 1.76. The molecule has 0 bridgehead atoms. The molecule has 0 aliphatic heterocycles. The van der Waals surface area contributed by atoms with Crippen LogP contribution in [0.1, 0.15) is 24.0 Å². The molecule has 3 rings (SSSR count). The number of thioether (sulfide) groups is 1. The quantitative estimate of drug-likeness (QED) is 0.608. The van der Waals surface area contributed by atoms with E-state index in [1.165, 1.54) is 10.5 Å². The van der Waals surface area contributed by atoms with E-state index in [1.807, 2.05) is 31.3 Å². The lowest BCUT2D eigenvalue weighted by Gasteiger charge is -2.34. The zero-order valence-corrected chi connectivity index (χ0v) is 16.6. The van der Waals surface area contributed by atoms with E-state index in [2.05, 4.69) is 41.6 Å². The average Bonchev–Trinajstić information content (AvgIpc) is 2.65. The molecule has 2 aromatic carbocycles. The first-order chi connectivity index (χ1) is 12.4. The highest BCUT2D eigenvalue weighted by Crippen LogP contribution is 2.35. The summed E-state index contributed by atoms with van der Waals surface area (Å²) in [6.07, 6.45) is 4.72. The van der Waals surface area contributed by atoms with Crippen LogP contribution in [-0.4, -0.2) is 23.3 Å². The molecule has 2 atom stereocenters. The van der Waals surface area contributed by atoms with Crippen molar-refractivity contribution in [3.05, 3.63) is 70.9 Å². The number of hydrogen-bond acceptors (Lipinski definition) is 4. The molecule has 1 aromatic heterocycles. The fraction of sp³-hybridized carbons (Fsp3) is 0.286. The Morgan fingerprint density at radius 1 is 1.15 bits per heavy atom. The second-order valence-corrected chi connectivity index (χ2v) is 8.19. The predicted octanol–water partition coefficient (Wildman–Crippen LogP) is 4.61. The molecule has 0 spiro atoms. The van der Waals surface area contributed by atoms with Gasteiger partial charge in [-0.25, -0.2) is 0 Å². The third-order valence-corrected chi connectivity index (χ3v) is 5.93. The highest BCUT2D eigenvalue weighted by Gasteiger charge is 2.31. The molecule has 2 unspecified atom stereocenters. The summed E-state index contributed by atoms with van der Waals surface area (Å²) in [6, 6.07) is 16.5. The van der Waals surface area contributed by atoms with Crippen LogP contribution >= 0.6 is 23.4 Å². The van der Waals surface area contributed by atoms with Gasteiger partial charge in [-0.3, -0.25) is 4.98 Å². The van der Waals surface area contributed by atoms with Gasteiger partial charge in [0.25, 0.3) is 0 Å². The third-order valence-electron chi connectivity index (χ3n) is 4.95. The van der Waals surface area contributed by atoms with Crippen molar-refractivity contribution in [3.8, 4) is 0 Å². The summed E-state index contributed by atoms with van der Waals surface area (Å²) in [5.41, 5.74) is 15.4. The van der Waals surface area contributed by atoms with E-state index in [1.54, 1.807) is 11.8 Å². The lowest BCUT2D eigenvalue weighted by Crippen LogP contribution is -2.50. The Bertz CT molecular complexity index is 893. The van der Waals surface area contributed by atoms with Crippen molar-refractivity contribution in [2.24, 2.45) is 11.5 Å². The van der Waals surface area contributed by atoms with Gasteiger partial charge in [0.05, 0.1) is 5.52 Å². The molecule has 4 N–H and O–H groups in total. The summed E-state index contributed by atoms with van der Waals surface area (Å²) in [7, 11) is 0. The molecule has 5 heteroatoms. The highest BCUT2D eigenvalue weighted by molar-refractivity contribution is 7.98. The molecule has 0 radical (unpaired) electrons. The topological polar surface area (TPSA) is 64.9 Å². The Morgan fingerprint density at radius 2 is 1.88 bits per heavy atom. The Balaban J connectivity index is 2.07. The maximum absolute atomic E-state index is 6.64. The number of benzene rings is 2. The van der Waals surface area contributed by atoms with Gasteiger partial charge in [0.15, 0.2) is 0 Å². The van der Waals surface area contributed by atoms with Crippen molar-refractivity contribution in [2.75, 3.05) is 12.8 Å². The van der Waals surface area contributed by atoms with Gasteiger partial charge < -0.3 is 11.5 Å². The van der Waals surface area contributed by atoms with Crippen molar-refractivity contribution >= 4 is 34.3 Å². The van der Waals surface area contributed by atoms with Gasteiger partial charge >= 0.3 is 0 Å². The van der Waals surface area contributed by atoms with Crippen LogP contribution in [-0.2, 0) is 6.42 Å². The number of halogens is 1. The van der Waals surface area contributed by atoms with Crippen LogP contribution in [0.4, 0.5) is 0 Å². The molecule has 3 nitrogen and oxygen atoms in total. The third kappa shape index (κ3) is 4.04. The van der Waals surface area contributed by atoms with Crippen molar-refractivity contribution in [1.82, 2.24) is 4.98 Å². The molecule has 0 fully saturated rings. The number of nitrogens with two attached hydrogens (primary N) is 2.